The van der Waals surface area contributed by atoms with E-state index in [1.165, 1.54) is 18.4 Å². The molecule has 1 fully saturated rings. The number of aromatic nitrogens is 1. The lowest BCUT2D eigenvalue weighted by Crippen LogP contribution is -2.15. The summed E-state index contributed by atoms with van der Waals surface area (Å²) in [5.41, 5.74) is 2.28. The highest BCUT2D eigenvalue weighted by atomic mass is 32.1. The molecule has 1 aromatic carbocycles. The van der Waals surface area contributed by atoms with Crippen molar-refractivity contribution < 1.29 is 4.74 Å². The molecule has 1 aromatic heterocycles. The van der Waals surface area contributed by atoms with Gasteiger partial charge >= 0.3 is 0 Å². The smallest absolute Gasteiger partial charge is 0.131 e. The summed E-state index contributed by atoms with van der Waals surface area (Å²) in [6.07, 6.45) is 2.64. The van der Waals surface area contributed by atoms with E-state index in [1.54, 1.807) is 11.3 Å². The molecular formula is C15H18N2OS. The van der Waals surface area contributed by atoms with Crippen LogP contribution in [0, 0.1) is 6.92 Å². The Hall–Kier alpha value is -1.39. The van der Waals surface area contributed by atoms with Crippen molar-refractivity contribution in [3.63, 3.8) is 0 Å². The molecule has 0 aliphatic heterocycles. The Morgan fingerprint density at radius 3 is 3.05 bits per heavy atom. The lowest BCUT2D eigenvalue weighted by atomic mass is 10.2. The third-order valence-electron chi connectivity index (χ3n) is 3.12. The summed E-state index contributed by atoms with van der Waals surface area (Å²) >= 11 is 1.66. The Bertz CT molecular complexity index is 549. The molecule has 2 aromatic rings. The molecule has 0 bridgehead atoms. The van der Waals surface area contributed by atoms with Gasteiger partial charge in [-0.25, -0.2) is 4.98 Å². The predicted molar refractivity (Wildman–Crippen MR) is 77.5 cm³/mol. The number of nitrogens with one attached hydrogen (secondary N) is 1. The van der Waals surface area contributed by atoms with Gasteiger partial charge in [-0.1, -0.05) is 12.1 Å². The monoisotopic (exact) mass is 274 g/mol. The van der Waals surface area contributed by atoms with Crippen molar-refractivity contribution in [2.75, 3.05) is 0 Å². The van der Waals surface area contributed by atoms with Gasteiger partial charge in [-0.2, -0.15) is 0 Å². The average molecular weight is 274 g/mol. The Morgan fingerprint density at radius 1 is 1.42 bits per heavy atom. The summed E-state index contributed by atoms with van der Waals surface area (Å²) in [5.74, 6) is 0.917. The van der Waals surface area contributed by atoms with Crippen LogP contribution in [-0.4, -0.2) is 11.0 Å². The lowest BCUT2D eigenvalue weighted by molar-refractivity contribution is 0.301. The first-order valence-corrected chi connectivity index (χ1v) is 7.54. The summed E-state index contributed by atoms with van der Waals surface area (Å²) in [6, 6.07) is 9.03. The second-order valence-corrected chi connectivity index (χ2v) is 6.01. The van der Waals surface area contributed by atoms with E-state index in [0.29, 0.717) is 6.61 Å². The summed E-state index contributed by atoms with van der Waals surface area (Å²) in [7, 11) is 0. The highest BCUT2D eigenvalue weighted by Crippen LogP contribution is 2.20. The minimum Gasteiger partial charge on any atom is -0.487 e. The van der Waals surface area contributed by atoms with Crippen LogP contribution < -0.4 is 10.1 Å². The number of thiazole rings is 1. The number of benzene rings is 1. The molecule has 0 radical (unpaired) electrons. The lowest BCUT2D eigenvalue weighted by Gasteiger charge is -2.07. The van der Waals surface area contributed by atoms with E-state index in [0.717, 1.165) is 29.0 Å². The molecule has 0 spiro atoms. The van der Waals surface area contributed by atoms with E-state index in [4.69, 9.17) is 4.74 Å². The van der Waals surface area contributed by atoms with Crippen molar-refractivity contribution in [3.05, 3.63) is 45.9 Å². The predicted octanol–water partition coefficient (Wildman–Crippen LogP) is 3.28. The van der Waals surface area contributed by atoms with E-state index in [1.807, 2.05) is 24.4 Å². The second-order valence-electron chi connectivity index (χ2n) is 4.95. The Labute approximate surface area is 117 Å². The Balaban J connectivity index is 1.55. The van der Waals surface area contributed by atoms with Gasteiger partial charge in [0, 0.05) is 18.0 Å². The molecule has 19 heavy (non-hydrogen) atoms. The number of hydrogen-bond donors (Lipinski definition) is 1. The van der Waals surface area contributed by atoms with Gasteiger partial charge in [0.15, 0.2) is 0 Å². The highest BCUT2D eigenvalue weighted by molar-refractivity contribution is 7.09. The van der Waals surface area contributed by atoms with E-state index < -0.39 is 0 Å². The Kier molecular flexibility index (Phi) is 3.80. The summed E-state index contributed by atoms with van der Waals surface area (Å²) in [6.45, 7) is 3.49. The molecule has 1 N–H and O–H groups in total. The molecule has 100 valence electrons. The topological polar surface area (TPSA) is 34.1 Å². The van der Waals surface area contributed by atoms with Gasteiger partial charge in [0.05, 0.1) is 10.7 Å². The molecule has 0 saturated heterocycles. The van der Waals surface area contributed by atoms with Gasteiger partial charge in [0.1, 0.15) is 12.4 Å². The molecule has 0 atom stereocenters. The van der Waals surface area contributed by atoms with E-state index >= 15 is 0 Å². The molecule has 1 heterocycles. The van der Waals surface area contributed by atoms with Crippen molar-refractivity contribution in [3.8, 4) is 5.75 Å². The second kappa shape index (κ2) is 5.72. The van der Waals surface area contributed by atoms with Crippen molar-refractivity contribution in [2.45, 2.75) is 39.0 Å². The van der Waals surface area contributed by atoms with Gasteiger partial charge in [-0.15, -0.1) is 11.3 Å². The molecule has 1 aliphatic carbocycles. The first kappa shape index (κ1) is 12.6. The third kappa shape index (κ3) is 3.78. The Morgan fingerprint density at radius 2 is 2.32 bits per heavy atom. The van der Waals surface area contributed by atoms with Crippen molar-refractivity contribution in [1.82, 2.24) is 10.3 Å². The average Bonchev–Trinajstić information content (AvgIpc) is 3.16. The minimum atomic E-state index is 0.545. The van der Waals surface area contributed by atoms with Gasteiger partial charge in [0.2, 0.25) is 0 Å². The maximum absolute atomic E-state index is 5.78. The van der Waals surface area contributed by atoms with Crippen LogP contribution in [0.25, 0.3) is 0 Å². The fourth-order valence-corrected chi connectivity index (χ4v) is 2.52. The maximum atomic E-state index is 5.78. The minimum absolute atomic E-state index is 0.545. The van der Waals surface area contributed by atoms with Crippen LogP contribution in [-0.2, 0) is 13.2 Å². The quantitative estimate of drug-likeness (QED) is 0.877. The molecular weight excluding hydrogens is 256 g/mol. The first-order chi connectivity index (χ1) is 9.29. The van der Waals surface area contributed by atoms with Crippen LogP contribution in [0.4, 0.5) is 0 Å². The zero-order chi connectivity index (χ0) is 13.1. The van der Waals surface area contributed by atoms with Crippen LogP contribution >= 0.6 is 11.3 Å². The summed E-state index contributed by atoms with van der Waals surface area (Å²) in [5, 5.41) is 6.64. The van der Waals surface area contributed by atoms with Crippen LogP contribution in [0.3, 0.4) is 0 Å². The number of hydrogen-bond acceptors (Lipinski definition) is 4. The number of aryl methyl sites for hydroxylation is 1. The first-order valence-electron chi connectivity index (χ1n) is 6.66. The van der Waals surface area contributed by atoms with Gasteiger partial charge < -0.3 is 10.1 Å². The molecule has 0 amide bonds. The van der Waals surface area contributed by atoms with Crippen molar-refractivity contribution in [1.29, 1.82) is 0 Å². The SMILES string of the molecule is Cc1nc(COc2cccc(CNC3CC3)c2)cs1. The summed E-state index contributed by atoms with van der Waals surface area (Å²) < 4.78 is 5.78. The summed E-state index contributed by atoms with van der Waals surface area (Å²) in [4.78, 5) is 4.40. The fraction of sp³-hybridized carbons (Fsp3) is 0.400. The number of ether oxygens (including phenoxy) is 1. The van der Waals surface area contributed by atoms with E-state index in [-0.39, 0.29) is 0 Å². The van der Waals surface area contributed by atoms with Crippen LogP contribution in [0.5, 0.6) is 5.75 Å². The standard InChI is InChI=1S/C15H18N2OS/c1-11-17-14(10-19-11)9-18-15-4-2-3-12(7-15)8-16-13-5-6-13/h2-4,7,10,13,16H,5-6,8-9H2,1H3. The zero-order valence-electron chi connectivity index (χ0n) is 11.1. The zero-order valence-corrected chi connectivity index (χ0v) is 11.9. The van der Waals surface area contributed by atoms with E-state index in [2.05, 4.69) is 22.4 Å². The third-order valence-corrected chi connectivity index (χ3v) is 3.95. The van der Waals surface area contributed by atoms with Crippen LogP contribution in [0.15, 0.2) is 29.6 Å². The van der Waals surface area contributed by atoms with Crippen LogP contribution in [0.2, 0.25) is 0 Å². The molecule has 3 nitrogen and oxygen atoms in total. The molecule has 3 rings (SSSR count). The highest BCUT2D eigenvalue weighted by Gasteiger charge is 2.19. The largest absolute Gasteiger partial charge is 0.487 e. The van der Waals surface area contributed by atoms with Crippen molar-refractivity contribution >= 4 is 11.3 Å². The number of nitrogens with zero attached hydrogens (tertiary/aromatic N) is 1. The molecule has 0 unspecified atom stereocenters. The fourth-order valence-electron chi connectivity index (χ4n) is 1.93. The van der Waals surface area contributed by atoms with Gasteiger partial charge in [-0.05, 0) is 37.5 Å². The van der Waals surface area contributed by atoms with Gasteiger partial charge in [-0.3, -0.25) is 0 Å². The molecule has 4 heteroatoms. The normalized spacial score (nSPS) is 14.6. The maximum Gasteiger partial charge on any atom is 0.131 e. The molecule has 1 aliphatic rings. The molecule has 1 saturated carbocycles. The van der Waals surface area contributed by atoms with Crippen LogP contribution in [0.1, 0.15) is 29.1 Å². The van der Waals surface area contributed by atoms with Crippen molar-refractivity contribution in [2.24, 2.45) is 0 Å². The number of rotatable bonds is 6. The van der Waals surface area contributed by atoms with Gasteiger partial charge in [0.25, 0.3) is 0 Å². The van der Waals surface area contributed by atoms with E-state index in [9.17, 15) is 0 Å².